The fourth-order valence-corrected chi connectivity index (χ4v) is 1.81. The van der Waals surface area contributed by atoms with Crippen LogP contribution in [0.5, 0.6) is 0 Å². The summed E-state index contributed by atoms with van der Waals surface area (Å²) < 4.78 is 32.4. The monoisotopic (exact) mass is 266 g/mol. The first-order chi connectivity index (χ1) is 9.11. The Balaban J connectivity index is 2.20. The molecule has 19 heavy (non-hydrogen) atoms. The number of aryl methyl sites for hydroxylation is 2. The van der Waals surface area contributed by atoms with Crippen LogP contribution in [0.3, 0.4) is 0 Å². The van der Waals surface area contributed by atoms with Gasteiger partial charge in [0.2, 0.25) is 0 Å². The topological polar surface area (TPSA) is 38.1 Å². The largest absolute Gasteiger partial charge is 0.441 e. The van der Waals surface area contributed by atoms with Gasteiger partial charge in [-0.25, -0.2) is 13.8 Å². The van der Waals surface area contributed by atoms with Crippen molar-refractivity contribution in [3.05, 3.63) is 41.4 Å². The summed E-state index contributed by atoms with van der Waals surface area (Å²) in [5.74, 6) is -0.303. The molecule has 0 spiro atoms. The number of halogens is 2. The van der Waals surface area contributed by atoms with Gasteiger partial charge in [0.25, 0.3) is 0 Å². The smallest absolute Gasteiger partial charge is 0.194 e. The minimum absolute atomic E-state index is 0.242. The Kier molecular flexibility index (Phi) is 4.27. The third-order valence-corrected chi connectivity index (χ3v) is 2.88. The molecule has 0 radical (unpaired) electrons. The van der Waals surface area contributed by atoms with Gasteiger partial charge in [0.15, 0.2) is 11.7 Å². The number of rotatable bonds is 5. The highest BCUT2D eigenvalue weighted by molar-refractivity contribution is 5.58. The Morgan fingerprint density at radius 1 is 1.26 bits per heavy atom. The van der Waals surface area contributed by atoms with Crippen LogP contribution in [-0.4, -0.2) is 18.6 Å². The van der Waals surface area contributed by atoms with Crippen molar-refractivity contribution in [3.8, 4) is 11.3 Å². The zero-order chi connectivity index (χ0) is 13.8. The lowest BCUT2D eigenvalue weighted by Gasteiger charge is -2.02. The number of benzene rings is 1. The van der Waals surface area contributed by atoms with Crippen molar-refractivity contribution >= 4 is 0 Å². The molecule has 2 aromatic rings. The van der Waals surface area contributed by atoms with E-state index >= 15 is 0 Å². The predicted octanol–water partition coefficient (Wildman–Crippen LogP) is 3.08. The van der Waals surface area contributed by atoms with Gasteiger partial charge < -0.3 is 9.73 Å². The van der Waals surface area contributed by atoms with Gasteiger partial charge in [-0.15, -0.1) is 0 Å². The number of hydrogen-bond acceptors (Lipinski definition) is 3. The van der Waals surface area contributed by atoms with Crippen molar-refractivity contribution in [2.75, 3.05) is 13.6 Å². The Bertz CT molecular complexity index is 567. The molecule has 0 atom stereocenters. The number of hydrogen-bond donors (Lipinski definition) is 1. The molecule has 0 saturated heterocycles. The van der Waals surface area contributed by atoms with Crippen molar-refractivity contribution in [2.24, 2.45) is 0 Å². The van der Waals surface area contributed by atoms with E-state index in [0.29, 0.717) is 23.6 Å². The highest BCUT2D eigenvalue weighted by Crippen LogP contribution is 2.26. The second-order valence-electron chi connectivity index (χ2n) is 4.41. The third-order valence-electron chi connectivity index (χ3n) is 2.88. The fraction of sp³-hybridized carbons (Fsp3) is 0.357. The van der Waals surface area contributed by atoms with Gasteiger partial charge in [-0.1, -0.05) is 0 Å². The molecule has 0 aliphatic carbocycles. The van der Waals surface area contributed by atoms with E-state index in [1.807, 2.05) is 7.05 Å². The van der Waals surface area contributed by atoms with E-state index in [2.05, 4.69) is 10.3 Å². The molecule has 1 N–H and O–H groups in total. The van der Waals surface area contributed by atoms with Gasteiger partial charge in [-0.3, -0.25) is 0 Å². The third kappa shape index (κ3) is 3.17. The zero-order valence-corrected chi connectivity index (χ0v) is 11.0. The molecule has 0 unspecified atom stereocenters. The number of aromatic nitrogens is 1. The molecule has 0 bridgehead atoms. The van der Waals surface area contributed by atoms with E-state index in [9.17, 15) is 8.78 Å². The van der Waals surface area contributed by atoms with Crippen molar-refractivity contribution in [1.82, 2.24) is 10.3 Å². The normalized spacial score (nSPS) is 10.9. The molecular weight excluding hydrogens is 250 g/mol. The minimum atomic E-state index is -0.638. The van der Waals surface area contributed by atoms with E-state index < -0.39 is 11.6 Å². The van der Waals surface area contributed by atoms with Crippen LogP contribution in [0.2, 0.25) is 0 Å². The molecule has 0 amide bonds. The van der Waals surface area contributed by atoms with Crippen LogP contribution in [-0.2, 0) is 6.42 Å². The zero-order valence-electron chi connectivity index (χ0n) is 11.0. The van der Waals surface area contributed by atoms with E-state index in [0.717, 1.165) is 19.0 Å². The molecule has 2 rings (SSSR count). The average Bonchev–Trinajstić information content (AvgIpc) is 2.83. The SMILES string of the molecule is CNCCCc1ncc(-c2cc(C)c(F)cc2F)o1. The lowest BCUT2D eigenvalue weighted by atomic mass is 10.1. The van der Waals surface area contributed by atoms with E-state index in [1.165, 1.54) is 12.3 Å². The lowest BCUT2D eigenvalue weighted by Crippen LogP contribution is -2.08. The molecule has 0 aliphatic rings. The number of oxazole rings is 1. The Hall–Kier alpha value is -1.75. The van der Waals surface area contributed by atoms with Crippen LogP contribution in [0.25, 0.3) is 11.3 Å². The summed E-state index contributed by atoms with van der Waals surface area (Å²) in [5.41, 5.74) is 0.621. The Morgan fingerprint density at radius 2 is 2.05 bits per heavy atom. The van der Waals surface area contributed by atoms with Crippen LogP contribution in [0, 0.1) is 18.6 Å². The second kappa shape index (κ2) is 5.93. The standard InChI is InChI=1S/C14H16F2N2O/c1-9-6-10(12(16)7-11(9)15)13-8-18-14(19-13)4-3-5-17-2/h6-8,17H,3-5H2,1-2H3. The van der Waals surface area contributed by atoms with Crippen LogP contribution < -0.4 is 5.32 Å². The van der Waals surface area contributed by atoms with Crippen LogP contribution in [0.1, 0.15) is 17.9 Å². The quantitative estimate of drug-likeness (QED) is 0.845. The summed E-state index contributed by atoms with van der Waals surface area (Å²) in [7, 11) is 1.87. The Morgan fingerprint density at radius 3 is 2.79 bits per heavy atom. The molecule has 1 aromatic heterocycles. The van der Waals surface area contributed by atoms with Gasteiger partial charge in [0, 0.05) is 12.5 Å². The Labute approximate surface area is 110 Å². The van der Waals surface area contributed by atoms with E-state index in [4.69, 9.17) is 4.42 Å². The molecule has 102 valence electrons. The molecule has 1 aromatic carbocycles. The van der Waals surface area contributed by atoms with Gasteiger partial charge >= 0.3 is 0 Å². The van der Waals surface area contributed by atoms with Crippen molar-refractivity contribution in [2.45, 2.75) is 19.8 Å². The number of nitrogens with zero attached hydrogens (tertiary/aromatic N) is 1. The maximum absolute atomic E-state index is 13.7. The first-order valence-electron chi connectivity index (χ1n) is 6.17. The predicted molar refractivity (Wildman–Crippen MR) is 68.8 cm³/mol. The molecule has 1 heterocycles. The summed E-state index contributed by atoms with van der Waals surface area (Å²) >= 11 is 0. The summed E-state index contributed by atoms with van der Waals surface area (Å²) in [6, 6.07) is 2.30. The molecular formula is C14H16F2N2O. The van der Waals surface area contributed by atoms with Gasteiger partial charge in [-0.05, 0) is 38.6 Å². The fourth-order valence-electron chi connectivity index (χ4n) is 1.81. The first-order valence-corrected chi connectivity index (χ1v) is 6.17. The van der Waals surface area contributed by atoms with Gasteiger partial charge in [0.05, 0.1) is 11.8 Å². The number of nitrogens with one attached hydrogen (secondary N) is 1. The summed E-state index contributed by atoms with van der Waals surface area (Å²) in [4.78, 5) is 4.10. The van der Waals surface area contributed by atoms with Crippen molar-refractivity contribution < 1.29 is 13.2 Å². The molecule has 0 fully saturated rings. The van der Waals surface area contributed by atoms with E-state index in [1.54, 1.807) is 6.92 Å². The molecule has 5 heteroatoms. The summed E-state index contributed by atoms with van der Waals surface area (Å²) in [6.07, 6.45) is 3.05. The molecule has 0 aliphatic heterocycles. The van der Waals surface area contributed by atoms with Crippen LogP contribution in [0.15, 0.2) is 22.7 Å². The molecule has 0 saturated carbocycles. The van der Waals surface area contributed by atoms with Crippen molar-refractivity contribution in [3.63, 3.8) is 0 Å². The molecule has 3 nitrogen and oxygen atoms in total. The maximum Gasteiger partial charge on any atom is 0.194 e. The highest BCUT2D eigenvalue weighted by Gasteiger charge is 2.13. The van der Waals surface area contributed by atoms with Gasteiger partial charge in [0.1, 0.15) is 11.6 Å². The summed E-state index contributed by atoms with van der Waals surface area (Å²) in [6.45, 7) is 2.45. The van der Waals surface area contributed by atoms with Crippen LogP contribution >= 0.6 is 0 Å². The minimum Gasteiger partial charge on any atom is -0.441 e. The van der Waals surface area contributed by atoms with Gasteiger partial charge in [-0.2, -0.15) is 0 Å². The first kappa shape index (κ1) is 13.7. The summed E-state index contributed by atoms with van der Waals surface area (Å²) in [5, 5.41) is 3.03. The lowest BCUT2D eigenvalue weighted by molar-refractivity contribution is 0.491. The second-order valence-corrected chi connectivity index (χ2v) is 4.41. The maximum atomic E-state index is 13.7. The van der Waals surface area contributed by atoms with E-state index in [-0.39, 0.29) is 5.56 Å². The van der Waals surface area contributed by atoms with Crippen molar-refractivity contribution in [1.29, 1.82) is 0 Å². The van der Waals surface area contributed by atoms with Crippen LogP contribution in [0.4, 0.5) is 8.78 Å². The average molecular weight is 266 g/mol. The highest BCUT2D eigenvalue weighted by atomic mass is 19.1.